The van der Waals surface area contributed by atoms with Crippen LogP contribution < -0.4 is 0 Å². The SMILES string of the molecule is CC(C)C(O)(c1cccc(-c2ccc(Cl)cc2)c1)c1cn(C(c2ccccc2)(c2ccccc2)c2ccccc2)cn1. The minimum atomic E-state index is -1.33. The van der Waals surface area contributed by atoms with Crippen molar-refractivity contribution in [3.05, 3.63) is 185 Å². The van der Waals surface area contributed by atoms with Gasteiger partial charge in [-0.25, -0.2) is 4.98 Å². The van der Waals surface area contributed by atoms with Gasteiger partial charge >= 0.3 is 0 Å². The Balaban J connectivity index is 1.56. The van der Waals surface area contributed by atoms with Crippen LogP contribution in [0, 0.1) is 5.92 Å². The van der Waals surface area contributed by atoms with Crippen LogP contribution in [0.4, 0.5) is 0 Å². The molecular formula is C38H33ClN2O. The number of hydrogen-bond acceptors (Lipinski definition) is 2. The maximum absolute atomic E-state index is 12.5. The van der Waals surface area contributed by atoms with Crippen LogP contribution in [-0.4, -0.2) is 14.7 Å². The number of imidazole rings is 1. The van der Waals surface area contributed by atoms with Crippen molar-refractivity contribution < 1.29 is 5.11 Å². The van der Waals surface area contributed by atoms with Crippen LogP contribution in [0.25, 0.3) is 11.1 Å². The Hall–Kier alpha value is -4.44. The van der Waals surface area contributed by atoms with Crippen LogP contribution >= 0.6 is 11.6 Å². The van der Waals surface area contributed by atoms with Gasteiger partial charge in [-0.05, 0) is 57.5 Å². The van der Waals surface area contributed by atoms with Crippen molar-refractivity contribution in [2.45, 2.75) is 25.0 Å². The summed E-state index contributed by atoms with van der Waals surface area (Å²) in [5.41, 5.74) is 4.70. The van der Waals surface area contributed by atoms with E-state index in [0.717, 1.165) is 33.4 Å². The van der Waals surface area contributed by atoms with E-state index in [1.54, 1.807) is 0 Å². The summed E-state index contributed by atoms with van der Waals surface area (Å²) in [5, 5.41) is 13.2. The lowest BCUT2D eigenvalue weighted by molar-refractivity contribution is 0.0278. The Morgan fingerprint density at radius 3 is 1.62 bits per heavy atom. The molecule has 0 spiro atoms. The van der Waals surface area contributed by atoms with Gasteiger partial charge in [-0.3, -0.25) is 0 Å². The van der Waals surface area contributed by atoms with Gasteiger partial charge < -0.3 is 9.67 Å². The van der Waals surface area contributed by atoms with E-state index in [2.05, 4.69) is 89.5 Å². The largest absolute Gasteiger partial charge is 0.378 e. The lowest BCUT2D eigenvalue weighted by atomic mass is 9.76. The van der Waals surface area contributed by atoms with Crippen LogP contribution in [0.2, 0.25) is 5.02 Å². The summed E-state index contributed by atoms with van der Waals surface area (Å²) in [6.07, 6.45) is 3.88. The third kappa shape index (κ3) is 4.75. The summed E-state index contributed by atoms with van der Waals surface area (Å²) in [7, 11) is 0. The normalized spacial score (nSPS) is 13.2. The predicted octanol–water partition coefficient (Wildman–Crippen LogP) is 8.94. The molecule has 0 saturated carbocycles. The smallest absolute Gasteiger partial charge is 0.135 e. The molecule has 0 radical (unpaired) electrons. The van der Waals surface area contributed by atoms with Crippen LogP contribution in [0.1, 0.15) is 41.8 Å². The van der Waals surface area contributed by atoms with E-state index >= 15 is 0 Å². The fraction of sp³-hybridized carbons (Fsp3) is 0.132. The first kappa shape index (κ1) is 27.7. The maximum atomic E-state index is 12.5. The molecule has 42 heavy (non-hydrogen) atoms. The summed E-state index contributed by atoms with van der Waals surface area (Å²) in [5.74, 6) is -0.152. The van der Waals surface area contributed by atoms with Gasteiger partial charge in [0.2, 0.25) is 0 Å². The minimum Gasteiger partial charge on any atom is -0.378 e. The number of halogens is 1. The average Bonchev–Trinajstić information content (AvgIpc) is 3.54. The zero-order valence-corrected chi connectivity index (χ0v) is 24.5. The average molecular weight is 569 g/mol. The first-order valence-corrected chi connectivity index (χ1v) is 14.6. The fourth-order valence-corrected chi connectivity index (χ4v) is 6.17. The van der Waals surface area contributed by atoms with Gasteiger partial charge in [0.05, 0.1) is 12.0 Å². The monoisotopic (exact) mass is 568 g/mol. The van der Waals surface area contributed by atoms with E-state index in [-0.39, 0.29) is 5.92 Å². The van der Waals surface area contributed by atoms with E-state index in [9.17, 15) is 5.11 Å². The van der Waals surface area contributed by atoms with Crippen molar-refractivity contribution in [1.29, 1.82) is 0 Å². The summed E-state index contributed by atoms with van der Waals surface area (Å²) in [6.45, 7) is 4.07. The Labute approximate surface area is 252 Å². The maximum Gasteiger partial charge on any atom is 0.135 e. The molecule has 1 heterocycles. The van der Waals surface area contributed by atoms with Gasteiger partial charge in [-0.1, -0.05) is 147 Å². The molecule has 208 valence electrons. The highest BCUT2D eigenvalue weighted by Gasteiger charge is 2.42. The molecule has 0 aliphatic rings. The van der Waals surface area contributed by atoms with E-state index < -0.39 is 11.1 Å². The topological polar surface area (TPSA) is 38.0 Å². The third-order valence-electron chi connectivity index (χ3n) is 8.25. The Bertz CT molecular complexity index is 1670. The van der Waals surface area contributed by atoms with Crippen LogP contribution in [0.15, 0.2) is 152 Å². The quantitative estimate of drug-likeness (QED) is 0.186. The number of aromatic nitrogens is 2. The highest BCUT2D eigenvalue weighted by molar-refractivity contribution is 6.30. The molecular weight excluding hydrogens is 536 g/mol. The molecule has 3 nitrogen and oxygen atoms in total. The van der Waals surface area contributed by atoms with Crippen LogP contribution in [0.3, 0.4) is 0 Å². The molecule has 6 aromatic rings. The molecule has 0 amide bonds. The Morgan fingerprint density at radius 1 is 0.619 bits per heavy atom. The van der Waals surface area contributed by atoms with Crippen molar-refractivity contribution >= 4 is 11.6 Å². The number of nitrogens with zero attached hydrogens (tertiary/aromatic N) is 2. The molecule has 1 atom stereocenters. The van der Waals surface area contributed by atoms with Gasteiger partial charge in [0.15, 0.2) is 0 Å². The number of benzene rings is 5. The Kier molecular flexibility index (Phi) is 7.55. The van der Waals surface area contributed by atoms with Crippen molar-refractivity contribution in [2.24, 2.45) is 5.92 Å². The summed E-state index contributed by atoms with van der Waals surface area (Å²) >= 11 is 6.15. The molecule has 4 heteroatoms. The number of rotatable bonds is 8. The molecule has 5 aromatic carbocycles. The van der Waals surface area contributed by atoms with Gasteiger partial charge in [0, 0.05) is 11.2 Å². The summed E-state index contributed by atoms with van der Waals surface area (Å²) in [4.78, 5) is 4.94. The second-order valence-electron chi connectivity index (χ2n) is 11.0. The summed E-state index contributed by atoms with van der Waals surface area (Å²) in [6, 6.07) is 47.3. The number of aliphatic hydroxyl groups is 1. The van der Waals surface area contributed by atoms with Gasteiger partial charge in [0.25, 0.3) is 0 Å². The second kappa shape index (κ2) is 11.4. The van der Waals surface area contributed by atoms with Gasteiger partial charge in [0.1, 0.15) is 11.1 Å². The molecule has 1 aromatic heterocycles. The first-order chi connectivity index (χ1) is 20.4. The number of hydrogen-bond donors (Lipinski definition) is 1. The second-order valence-corrected chi connectivity index (χ2v) is 11.4. The molecule has 0 bridgehead atoms. The van der Waals surface area contributed by atoms with Gasteiger partial charge in [-0.15, -0.1) is 0 Å². The minimum absolute atomic E-state index is 0.152. The fourth-order valence-electron chi connectivity index (χ4n) is 6.04. The van der Waals surface area contributed by atoms with E-state index in [0.29, 0.717) is 10.7 Å². The molecule has 0 aliphatic carbocycles. The van der Waals surface area contributed by atoms with Crippen molar-refractivity contribution in [3.63, 3.8) is 0 Å². The van der Waals surface area contributed by atoms with E-state index in [1.807, 2.05) is 81.0 Å². The zero-order valence-electron chi connectivity index (χ0n) is 23.7. The van der Waals surface area contributed by atoms with Crippen molar-refractivity contribution in [3.8, 4) is 11.1 Å². The highest BCUT2D eigenvalue weighted by atomic mass is 35.5. The third-order valence-corrected chi connectivity index (χ3v) is 8.50. The molecule has 6 rings (SSSR count). The van der Waals surface area contributed by atoms with E-state index in [4.69, 9.17) is 16.6 Å². The zero-order chi connectivity index (χ0) is 29.2. The standard InChI is InChI=1S/C38H33ClN2O/c1-28(2)38(42,34-20-12-13-30(25-34)29-21-23-35(39)24-22-29)36-26-41(27-40-36)37(31-14-6-3-7-15-31,32-16-8-4-9-17-32)33-18-10-5-11-19-33/h3-28,42H,1-2H3. The van der Waals surface area contributed by atoms with Crippen LogP contribution in [-0.2, 0) is 11.1 Å². The van der Waals surface area contributed by atoms with Crippen LogP contribution in [0.5, 0.6) is 0 Å². The molecule has 0 fully saturated rings. The predicted molar refractivity (Wildman–Crippen MR) is 172 cm³/mol. The molecule has 1 N–H and O–H groups in total. The molecule has 0 saturated heterocycles. The lowest BCUT2D eigenvalue weighted by Gasteiger charge is -2.37. The van der Waals surface area contributed by atoms with E-state index in [1.165, 1.54) is 0 Å². The van der Waals surface area contributed by atoms with Crippen molar-refractivity contribution in [2.75, 3.05) is 0 Å². The highest BCUT2D eigenvalue weighted by Crippen LogP contribution is 2.43. The summed E-state index contributed by atoms with van der Waals surface area (Å²) < 4.78 is 2.15. The van der Waals surface area contributed by atoms with Gasteiger partial charge in [-0.2, -0.15) is 0 Å². The lowest BCUT2D eigenvalue weighted by Crippen LogP contribution is -2.37. The first-order valence-electron chi connectivity index (χ1n) is 14.2. The molecule has 1 unspecified atom stereocenters. The molecule has 0 aliphatic heterocycles. The Morgan fingerprint density at radius 2 is 1.12 bits per heavy atom. The van der Waals surface area contributed by atoms with Crippen molar-refractivity contribution in [1.82, 2.24) is 9.55 Å².